The maximum absolute atomic E-state index is 13.4. The molecule has 0 bridgehead atoms. The van der Waals surface area contributed by atoms with Crippen LogP contribution in [-0.2, 0) is 13.0 Å². The van der Waals surface area contributed by atoms with E-state index in [0.29, 0.717) is 34.3 Å². The number of hydrogen-bond donors (Lipinski definition) is 3. The number of nitrogens with one attached hydrogen (secondary N) is 3. The molecule has 2 atom stereocenters. The summed E-state index contributed by atoms with van der Waals surface area (Å²) in [5, 5.41) is 8.02. The van der Waals surface area contributed by atoms with Crippen LogP contribution in [0.25, 0.3) is 10.9 Å². The van der Waals surface area contributed by atoms with E-state index in [9.17, 15) is 14.4 Å². The predicted molar refractivity (Wildman–Crippen MR) is 162 cm³/mol. The highest BCUT2D eigenvalue weighted by molar-refractivity contribution is 7.13. The quantitative estimate of drug-likeness (QED) is 0.314. The number of thiazole rings is 1. The number of benzene rings is 2. The van der Waals surface area contributed by atoms with Crippen LogP contribution in [0.1, 0.15) is 47.6 Å². The minimum Gasteiger partial charge on any atom is -0.351 e. The van der Waals surface area contributed by atoms with E-state index < -0.39 is 6.04 Å². The Bertz CT molecular complexity index is 1590. The van der Waals surface area contributed by atoms with Crippen LogP contribution in [0, 0.1) is 0 Å². The summed E-state index contributed by atoms with van der Waals surface area (Å²) in [5.41, 5.74) is 2.77. The lowest BCUT2D eigenvalue weighted by molar-refractivity contribution is 0.0628. The van der Waals surface area contributed by atoms with Gasteiger partial charge < -0.3 is 25.4 Å². The zero-order valence-corrected chi connectivity index (χ0v) is 24.7. The molecule has 6 rings (SSSR count). The molecule has 2 aliphatic heterocycles. The zero-order chi connectivity index (χ0) is 27.8. The van der Waals surface area contributed by atoms with Gasteiger partial charge in [0.05, 0.1) is 17.8 Å². The Morgan fingerprint density at radius 2 is 1.80 bits per heavy atom. The lowest BCUT2D eigenvalue weighted by Gasteiger charge is -2.39. The molecule has 9 nitrogen and oxygen atoms in total. The number of carbonyl (C=O) groups excluding carboxylic acids is 3. The molecule has 1 saturated heterocycles. The summed E-state index contributed by atoms with van der Waals surface area (Å²) in [6.45, 7) is 2.40. The second-order valence-corrected chi connectivity index (χ2v) is 11.9. The average Bonchev–Trinajstić information content (AvgIpc) is 3.58. The van der Waals surface area contributed by atoms with Crippen LogP contribution < -0.4 is 10.6 Å². The molecule has 12 heteroatoms. The molecular formula is C29H30Cl2N6O3S. The number of carbonyl (C=O) groups is 3. The number of aromatic nitrogens is 2. The summed E-state index contributed by atoms with van der Waals surface area (Å²) < 4.78 is 0. The lowest BCUT2D eigenvalue weighted by Crippen LogP contribution is -2.61. The highest BCUT2D eigenvalue weighted by Gasteiger charge is 2.35. The number of piperidine rings is 1. The number of aromatic amines is 1. The number of fused-ring (bicyclic) bond motifs is 2. The Labute approximate surface area is 252 Å². The Kier molecular flexibility index (Phi) is 8.65. The van der Waals surface area contributed by atoms with Crippen LogP contribution in [0.4, 0.5) is 0 Å². The Morgan fingerprint density at radius 1 is 1.02 bits per heavy atom. The maximum Gasteiger partial charge on any atom is 0.280 e. The van der Waals surface area contributed by atoms with E-state index in [2.05, 4.69) is 32.5 Å². The van der Waals surface area contributed by atoms with Crippen molar-refractivity contribution in [2.24, 2.45) is 0 Å². The molecule has 2 aromatic heterocycles. The van der Waals surface area contributed by atoms with Gasteiger partial charge in [-0.25, -0.2) is 4.98 Å². The predicted octanol–water partition coefficient (Wildman–Crippen LogP) is 4.13. The van der Waals surface area contributed by atoms with Gasteiger partial charge in [-0.1, -0.05) is 29.8 Å². The summed E-state index contributed by atoms with van der Waals surface area (Å²) in [4.78, 5) is 52.7. The third-order valence-corrected chi connectivity index (χ3v) is 8.81. The van der Waals surface area contributed by atoms with E-state index >= 15 is 0 Å². The molecular weight excluding hydrogens is 583 g/mol. The summed E-state index contributed by atoms with van der Waals surface area (Å²) in [6.07, 6.45) is 1.30. The third-order valence-electron chi connectivity index (χ3n) is 7.50. The number of hydrogen-bond acceptors (Lipinski definition) is 6. The van der Waals surface area contributed by atoms with Crippen LogP contribution in [0.3, 0.4) is 0 Å². The van der Waals surface area contributed by atoms with E-state index in [-0.39, 0.29) is 42.7 Å². The fraction of sp³-hybridized carbons (Fsp3) is 0.310. The van der Waals surface area contributed by atoms with Gasteiger partial charge in [-0.15, -0.1) is 23.7 Å². The fourth-order valence-electron chi connectivity index (χ4n) is 5.34. The SMILES string of the molecule is CN1CCc2nc(C(=O)N[C@@H]3CN(C(=O)c4ccccc4)CC[C@@H]3NC(=O)c3cc4cc(Cl)ccc4[nH]3)sc2C1.Cl. The first-order valence-corrected chi connectivity index (χ1v) is 14.4. The molecule has 0 spiro atoms. The van der Waals surface area contributed by atoms with Crippen molar-refractivity contribution in [2.45, 2.75) is 31.5 Å². The lowest BCUT2D eigenvalue weighted by atomic mass is 9.97. The van der Waals surface area contributed by atoms with Crippen LogP contribution in [0.5, 0.6) is 0 Å². The number of halogens is 2. The molecule has 4 aromatic rings. The first kappa shape index (κ1) is 29.1. The Balaban J connectivity index is 0.00000337. The smallest absolute Gasteiger partial charge is 0.280 e. The molecule has 0 unspecified atom stereocenters. The van der Waals surface area contributed by atoms with Crippen LogP contribution in [0.15, 0.2) is 54.6 Å². The Hall–Kier alpha value is -3.44. The van der Waals surface area contributed by atoms with Gasteiger partial charge in [-0.2, -0.15) is 0 Å². The number of H-pyrrole nitrogens is 1. The molecule has 0 aliphatic carbocycles. The number of rotatable bonds is 5. The zero-order valence-electron chi connectivity index (χ0n) is 22.4. The number of likely N-dealkylation sites (tertiary alicyclic amines) is 1. The monoisotopic (exact) mass is 612 g/mol. The minimum absolute atomic E-state index is 0. The second kappa shape index (κ2) is 12.2. The summed E-state index contributed by atoms with van der Waals surface area (Å²) >= 11 is 7.52. The average molecular weight is 614 g/mol. The highest BCUT2D eigenvalue weighted by atomic mass is 35.5. The van der Waals surface area contributed by atoms with E-state index in [1.165, 1.54) is 11.3 Å². The molecule has 3 N–H and O–H groups in total. The topological polar surface area (TPSA) is 110 Å². The standard InChI is InChI=1S/C29H29ClN6O3S.ClH/c1-35-11-9-22-25(16-35)40-28(34-22)27(38)33-24-15-36(29(39)17-5-3-2-4-6-17)12-10-21(24)32-26(37)23-14-18-13-19(30)7-8-20(18)31-23;/h2-8,13-14,21,24,31H,9-12,15-16H2,1H3,(H,32,37)(H,33,38);1H/t21-,24+;/m0./s1. The van der Waals surface area contributed by atoms with E-state index in [1.54, 1.807) is 35.2 Å². The van der Waals surface area contributed by atoms with Crippen LogP contribution >= 0.6 is 35.3 Å². The number of likely N-dealkylation sites (N-methyl/N-ethyl adjacent to an activating group) is 1. The van der Waals surface area contributed by atoms with Gasteiger partial charge in [0, 0.05) is 59.0 Å². The van der Waals surface area contributed by atoms with Crippen molar-refractivity contribution in [2.75, 3.05) is 26.7 Å². The normalized spacial score (nSPS) is 18.8. The highest BCUT2D eigenvalue weighted by Crippen LogP contribution is 2.25. The Morgan fingerprint density at radius 3 is 2.61 bits per heavy atom. The van der Waals surface area contributed by atoms with E-state index in [4.69, 9.17) is 11.6 Å². The molecule has 4 heterocycles. The summed E-state index contributed by atoms with van der Waals surface area (Å²) in [5.74, 6) is -0.683. The van der Waals surface area contributed by atoms with Crippen molar-refractivity contribution < 1.29 is 14.4 Å². The van der Waals surface area contributed by atoms with Crippen molar-refractivity contribution in [1.82, 2.24) is 30.4 Å². The van der Waals surface area contributed by atoms with Crippen molar-refractivity contribution in [3.63, 3.8) is 0 Å². The maximum atomic E-state index is 13.4. The summed E-state index contributed by atoms with van der Waals surface area (Å²) in [6, 6.07) is 15.4. The molecule has 0 saturated carbocycles. The van der Waals surface area contributed by atoms with E-state index in [1.807, 2.05) is 24.3 Å². The van der Waals surface area contributed by atoms with Gasteiger partial charge in [0.2, 0.25) is 0 Å². The first-order valence-electron chi connectivity index (χ1n) is 13.3. The van der Waals surface area contributed by atoms with Crippen molar-refractivity contribution in [3.8, 4) is 0 Å². The van der Waals surface area contributed by atoms with Crippen molar-refractivity contribution in [1.29, 1.82) is 0 Å². The fourth-order valence-corrected chi connectivity index (χ4v) is 6.61. The number of amides is 3. The number of nitrogens with zero attached hydrogens (tertiary/aromatic N) is 3. The van der Waals surface area contributed by atoms with E-state index in [0.717, 1.165) is 41.0 Å². The second-order valence-electron chi connectivity index (χ2n) is 10.4. The molecule has 0 radical (unpaired) electrons. The van der Waals surface area contributed by atoms with Crippen molar-refractivity contribution in [3.05, 3.63) is 86.5 Å². The molecule has 2 aromatic carbocycles. The molecule has 2 aliphatic rings. The van der Waals surface area contributed by atoms with Gasteiger partial charge in [0.25, 0.3) is 17.7 Å². The minimum atomic E-state index is -0.500. The van der Waals surface area contributed by atoms with Crippen molar-refractivity contribution >= 4 is 64.0 Å². The molecule has 41 heavy (non-hydrogen) atoms. The largest absolute Gasteiger partial charge is 0.351 e. The summed E-state index contributed by atoms with van der Waals surface area (Å²) in [7, 11) is 2.05. The van der Waals surface area contributed by atoms with Crippen LogP contribution in [-0.4, -0.2) is 76.3 Å². The van der Waals surface area contributed by atoms with Gasteiger partial charge in [0.1, 0.15) is 5.69 Å². The van der Waals surface area contributed by atoms with Crippen LogP contribution in [0.2, 0.25) is 5.02 Å². The third kappa shape index (κ3) is 6.25. The van der Waals surface area contributed by atoms with Gasteiger partial charge in [0.15, 0.2) is 5.01 Å². The molecule has 3 amide bonds. The van der Waals surface area contributed by atoms with Gasteiger partial charge >= 0.3 is 0 Å². The van der Waals surface area contributed by atoms with Gasteiger partial charge in [-0.3, -0.25) is 14.4 Å². The first-order chi connectivity index (χ1) is 19.3. The molecule has 1 fully saturated rings. The van der Waals surface area contributed by atoms with Gasteiger partial charge in [-0.05, 0) is 49.9 Å². The molecule has 214 valence electrons.